The maximum atomic E-state index is 12.1. The van der Waals surface area contributed by atoms with Crippen molar-refractivity contribution < 1.29 is 9.53 Å². The van der Waals surface area contributed by atoms with Crippen molar-refractivity contribution in [3.05, 3.63) is 10.6 Å². The maximum Gasteiger partial charge on any atom is 0.265 e. The van der Waals surface area contributed by atoms with Gasteiger partial charge in [-0.3, -0.25) is 4.79 Å². The van der Waals surface area contributed by atoms with Crippen molar-refractivity contribution in [1.82, 2.24) is 14.9 Å². The lowest BCUT2D eigenvalue weighted by Gasteiger charge is -2.36. The van der Waals surface area contributed by atoms with Crippen LogP contribution in [0.5, 0.6) is 0 Å². The Morgan fingerprint density at radius 2 is 2.29 bits per heavy atom. The van der Waals surface area contributed by atoms with Gasteiger partial charge in [-0.05, 0) is 31.3 Å². The van der Waals surface area contributed by atoms with E-state index in [1.165, 1.54) is 0 Å². The summed E-state index contributed by atoms with van der Waals surface area (Å²) >= 11 is 4.62. The molecule has 94 valence electrons. The molecule has 2 rings (SSSR count). The molecule has 0 aromatic carbocycles. The third-order valence-electron chi connectivity index (χ3n) is 2.94. The molecule has 1 aliphatic heterocycles. The van der Waals surface area contributed by atoms with E-state index in [9.17, 15) is 4.79 Å². The number of alkyl halides is 1. The lowest BCUT2D eigenvalue weighted by atomic mass is 9.92. The van der Waals surface area contributed by atoms with Crippen molar-refractivity contribution in [2.45, 2.75) is 25.3 Å². The van der Waals surface area contributed by atoms with Gasteiger partial charge in [0, 0.05) is 18.5 Å². The summed E-state index contributed by atoms with van der Waals surface area (Å²) in [6, 6.07) is 0. The van der Waals surface area contributed by atoms with Crippen molar-refractivity contribution in [2.24, 2.45) is 0 Å². The molecule has 1 amide bonds. The van der Waals surface area contributed by atoms with Crippen LogP contribution in [-0.2, 0) is 4.74 Å². The Hall–Kier alpha value is -0.530. The first-order chi connectivity index (χ1) is 8.17. The van der Waals surface area contributed by atoms with Crippen molar-refractivity contribution in [3.63, 3.8) is 0 Å². The maximum absolute atomic E-state index is 12.1. The second kappa shape index (κ2) is 5.41. The van der Waals surface area contributed by atoms with Gasteiger partial charge in [0.2, 0.25) is 0 Å². The monoisotopic (exact) mass is 319 g/mol. The Morgan fingerprint density at radius 3 is 2.82 bits per heavy atom. The molecule has 1 N–H and O–H groups in total. The van der Waals surface area contributed by atoms with Gasteiger partial charge in [-0.1, -0.05) is 20.4 Å². The number of ether oxygens (including phenoxy) is 1. The Bertz CT molecular complexity index is 404. The Kier molecular flexibility index (Phi) is 4.11. The lowest BCUT2D eigenvalue weighted by Crippen LogP contribution is -2.53. The van der Waals surface area contributed by atoms with Crippen molar-refractivity contribution in [1.29, 1.82) is 0 Å². The number of hydrogen-bond donors (Lipinski definition) is 1. The quantitative estimate of drug-likeness (QED) is 0.858. The summed E-state index contributed by atoms with van der Waals surface area (Å²) in [5.41, 5.74) is 0.482. The van der Waals surface area contributed by atoms with Crippen molar-refractivity contribution >= 4 is 33.4 Å². The summed E-state index contributed by atoms with van der Waals surface area (Å²) < 4.78 is 9.11. The number of carbonyl (C=O) groups excluding carboxylic acids is 1. The fraction of sp³-hybridized carbons (Fsp3) is 0.700. The molecule has 0 radical (unpaired) electrons. The van der Waals surface area contributed by atoms with Gasteiger partial charge < -0.3 is 10.1 Å². The number of amides is 1. The fourth-order valence-corrected chi connectivity index (χ4v) is 3.04. The van der Waals surface area contributed by atoms with E-state index in [0.29, 0.717) is 23.8 Å². The van der Waals surface area contributed by atoms with E-state index < -0.39 is 0 Å². The normalized spacial score (nSPS) is 18.9. The molecule has 1 fully saturated rings. The summed E-state index contributed by atoms with van der Waals surface area (Å²) in [4.78, 5) is 12.7. The molecule has 0 bridgehead atoms. The number of nitrogens with zero attached hydrogens (tertiary/aromatic N) is 2. The van der Waals surface area contributed by atoms with Gasteiger partial charge in [0.05, 0.1) is 11.2 Å². The molecule has 0 aliphatic carbocycles. The second-order valence-corrected chi connectivity index (χ2v) is 5.48. The van der Waals surface area contributed by atoms with Crippen LogP contribution in [0.2, 0.25) is 0 Å². The fourth-order valence-electron chi connectivity index (χ4n) is 1.79. The van der Waals surface area contributed by atoms with Gasteiger partial charge in [-0.15, -0.1) is 5.10 Å². The van der Waals surface area contributed by atoms with Gasteiger partial charge in [-0.2, -0.15) is 0 Å². The van der Waals surface area contributed by atoms with Gasteiger partial charge in [0.15, 0.2) is 0 Å². The first-order valence-corrected chi connectivity index (χ1v) is 7.31. The molecule has 2 heterocycles. The third kappa shape index (κ3) is 2.83. The standard InChI is InChI=1S/C10H14BrN3O2S/c1-7-8(17-14-13-7)9(15)12-10(6-11)2-4-16-5-3-10/h2-6H2,1H3,(H,12,15). The third-order valence-corrected chi connectivity index (χ3v) is 4.84. The van der Waals surface area contributed by atoms with Crippen LogP contribution in [0.1, 0.15) is 28.2 Å². The van der Waals surface area contributed by atoms with Crippen LogP contribution < -0.4 is 5.32 Å². The van der Waals surface area contributed by atoms with Crippen molar-refractivity contribution in [2.75, 3.05) is 18.5 Å². The molecule has 1 aromatic heterocycles. The largest absolute Gasteiger partial charge is 0.381 e. The molecule has 0 atom stereocenters. The molecule has 1 aromatic rings. The molecule has 0 spiro atoms. The number of hydrogen-bond acceptors (Lipinski definition) is 5. The van der Waals surface area contributed by atoms with Crippen LogP contribution in [0.15, 0.2) is 0 Å². The van der Waals surface area contributed by atoms with E-state index in [1.807, 2.05) is 0 Å². The summed E-state index contributed by atoms with van der Waals surface area (Å²) in [5.74, 6) is -0.0844. The highest BCUT2D eigenvalue weighted by Gasteiger charge is 2.34. The molecular formula is C10H14BrN3O2S. The summed E-state index contributed by atoms with van der Waals surface area (Å²) in [7, 11) is 0. The molecule has 0 saturated carbocycles. The van der Waals surface area contributed by atoms with E-state index in [0.717, 1.165) is 29.7 Å². The number of carbonyl (C=O) groups is 1. The highest BCUT2D eigenvalue weighted by atomic mass is 79.9. The highest BCUT2D eigenvalue weighted by molar-refractivity contribution is 9.09. The molecule has 1 saturated heterocycles. The van der Waals surface area contributed by atoms with Gasteiger partial charge in [0.25, 0.3) is 5.91 Å². The number of aryl methyl sites for hydroxylation is 1. The topological polar surface area (TPSA) is 64.1 Å². The zero-order valence-corrected chi connectivity index (χ0v) is 11.9. The van der Waals surface area contributed by atoms with Crippen LogP contribution in [0.25, 0.3) is 0 Å². The van der Waals surface area contributed by atoms with E-state index in [4.69, 9.17) is 4.74 Å². The molecule has 5 nitrogen and oxygen atoms in total. The first kappa shape index (κ1) is 12.9. The Morgan fingerprint density at radius 1 is 1.59 bits per heavy atom. The highest BCUT2D eigenvalue weighted by Crippen LogP contribution is 2.24. The molecule has 0 unspecified atom stereocenters. The summed E-state index contributed by atoms with van der Waals surface area (Å²) in [6.45, 7) is 3.17. The molecular weight excluding hydrogens is 306 g/mol. The average molecular weight is 320 g/mol. The summed E-state index contributed by atoms with van der Waals surface area (Å²) in [6.07, 6.45) is 1.66. The van der Waals surface area contributed by atoms with Crippen LogP contribution in [0.4, 0.5) is 0 Å². The summed E-state index contributed by atoms with van der Waals surface area (Å²) in [5, 5.41) is 7.68. The van der Waals surface area contributed by atoms with Crippen LogP contribution >= 0.6 is 27.5 Å². The minimum atomic E-state index is -0.203. The molecule has 17 heavy (non-hydrogen) atoms. The van der Waals surface area contributed by atoms with Gasteiger partial charge in [0.1, 0.15) is 4.88 Å². The van der Waals surface area contributed by atoms with E-state index in [-0.39, 0.29) is 11.4 Å². The molecule has 7 heteroatoms. The minimum Gasteiger partial charge on any atom is -0.381 e. The SMILES string of the molecule is Cc1nnsc1C(=O)NC1(CBr)CCOCC1. The predicted molar refractivity (Wildman–Crippen MR) is 68.7 cm³/mol. The predicted octanol–water partition coefficient (Wildman–Crippen LogP) is 1.52. The van der Waals surface area contributed by atoms with E-state index in [1.54, 1.807) is 6.92 Å². The second-order valence-electron chi connectivity index (χ2n) is 4.17. The lowest BCUT2D eigenvalue weighted by molar-refractivity contribution is 0.0443. The number of rotatable bonds is 3. The van der Waals surface area contributed by atoms with Gasteiger partial charge in [-0.25, -0.2) is 0 Å². The van der Waals surface area contributed by atoms with E-state index in [2.05, 4.69) is 30.8 Å². The van der Waals surface area contributed by atoms with Gasteiger partial charge >= 0.3 is 0 Å². The zero-order valence-electron chi connectivity index (χ0n) is 9.53. The first-order valence-electron chi connectivity index (χ1n) is 5.42. The minimum absolute atomic E-state index is 0.0844. The number of halogens is 1. The average Bonchev–Trinajstić information content (AvgIpc) is 2.77. The Labute approximate surface area is 112 Å². The zero-order chi connectivity index (χ0) is 12.3. The number of aromatic nitrogens is 2. The smallest absolute Gasteiger partial charge is 0.265 e. The van der Waals surface area contributed by atoms with Crippen LogP contribution in [-0.4, -0.2) is 39.6 Å². The van der Waals surface area contributed by atoms with Crippen molar-refractivity contribution in [3.8, 4) is 0 Å². The molecule has 1 aliphatic rings. The van der Waals surface area contributed by atoms with Crippen LogP contribution in [0.3, 0.4) is 0 Å². The number of nitrogens with one attached hydrogen (secondary N) is 1. The van der Waals surface area contributed by atoms with E-state index >= 15 is 0 Å². The Balaban J connectivity index is 2.08. The van der Waals surface area contributed by atoms with Crippen LogP contribution in [0, 0.1) is 6.92 Å².